The molecule has 0 heterocycles. The van der Waals surface area contributed by atoms with E-state index in [1.165, 1.54) is 31.4 Å². The van der Waals surface area contributed by atoms with Crippen LogP contribution in [0, 0.1) is 11.7 Å². The molecule has 1 saturated carbocycles. The zero-order chi connectivity index (χ0) is 9.97. The van der Waals surface area contributed by atoms with Crippen LogP contribution >= 0.6 is 11.6 Å². The van der Waals surface area contributed by atoms with Crippen molar-refractivity contribution in [3.8, 4) is 0 Å². The van der Waals surface area contributed by atoms with Gasteiger partial charge in [-0.1, -0.05) is 31.4 Å². The predicted molar refractivity (Wildman–Crippen MR) is 57.0 cm³/mol. The monoisotopic (exact) mass is 212 g/mol. The SMILES string of the molecule is Fc1ccc(C(Cl)CC2CCC2)cc1. The lowest BCUT2D eigenvalue weighted by Crippen LogP contribution is -2.12. The normalized spacial score (nSPS) is 19.0. The Balaban J connectivity index is 1.95. The largest absolute Gasteiger partial charge is 0.207 e. The van der Waals surface area contributed by atoms with Crippen LogP contribution in [0.1, 0.15) is 36.6 Å². The molecule has 1 fully saturated rings. The van der Waals surface area contributed by atoms with Crippen molar-refractivity contribution in [1.29, 1.82) is 0 Å². The summed E-state index contributed by atoms with van der Waals surface area (Å²) in [4.78, 5) is 0. The van der Waals surface area contributed by atoms with Crippen molar-refractivity contribution < 1.29 is 4.39 Å². The number of hydrogen-bond donors (Lipinski definition) is 0. The maximum Gasteiger partial charge on any atom is 0.123 e. The Hall–Kier alpha value is -0.560. The number of rotatable bonds is 3. The number of halogens is 2. The molecular weight excluding hydrogens is 199 g/mol. The first-order valence-electron chi connectivity index (χ1n) is 5.15. The summed E-state index contributed by atoms with van der Waals surface area (Å²) in [6, 6.07) is 6.52. The molecule has 1 aromatic carbocycles. The summed E-state index contributed by atoms with van der Waals surface area (Å²) in [5, 5.41) is 0.0564. The van der Waals surface area contributed by atoms with Gasteiger partial charge in [-0.15, -0.1) is 11.6 Å². The average molecular weight is 213 g/mol. The van der Waals surface area contributed by atoms with Crippen LogP contribution in [0.4, 0.5) is 4.39 Å². The topological polar surface area (TPSA) is 0 Å². The van der Waals surface area contributed by atoms with E-state index in [0.717, 1.165) is 17.9 Å². The molecule has 0 amide bonds. The van der Waals surface area contributed by atoms with Crippen LogP contribution in [0.15, 0.2) is 24.3 Å². The van der Waals surface area contributed by atoms with Crippen LogP contribution in [-0.4, -0.2) is 0 Å². The van der Waals surface area contributed by atoms with Gasteiger partial charge in [0.15, 0.2) is 0 Å². The van der Waals surface area contributed by atoms with Gasteiger partial charge in [-0.25, -0.2) is 4.39 Å². The number of alkyl halides is 1. The first-order valence-corrected chi connectivity index (χ1v) is 5.59. The molecule has 0 spiro atoms. The van der Waals surface area contributed by atoms with Gasteiger partial charge >= 0.3 is 0 Å². The van der Waals surface area contributed by atoms with Crippen molar-refractivity contribution in [2.24, 2.45) is 5.92 Å². The lowest BCUT2D eigenvalue weighted by Gasteiger charge is -2.27. The van der Waals surface area contributed by atoms with Crippen LogP contribution in [0.25, 0.3) is 0 Å². The van der Waals surface area contributed by atoms with E-state index in [9.17, 15) is 4.39 Å². The standard InChI is InChI=1S/C12H14ClF/c13-12(8-9-2-1-3-9)10-4-6-11(14)7-5-10/h4-7,9,12H,1-3,8H2. The first-order chi connectivity index (χ1) is 6.75. The molecule has 0 aromatic heterocycles. The molecule has 0 aliphatic heterocycles. The van der Waals surface area contributed by atoms with Gasteiger partial charge in [0.1, 0.15) is 5.82 Å². The maximum atomic E-state index is 12.6. The van der Waals surface area contributed by atoms with Crippen LogP contribution in [-0.2, 0) is 0 Å². The zero-order valence-electron chi connectivity index (χ0n) is 8.05. The highest BCUT2D eigenvalue weighted by molar-refractivity contribution is 6.20. The molecule has 0 N–H and O–H groups in total. The van der Waals surface area contributed by atoms with E-state index >= 15 is 0 Å². The molecule has 1 atom stereocenters. The van der Waals surface area contributed by atoms with Gasteiger partial charge in [-0.2, -0.15) is 0 Å². The minimum Gasteiger partial charge on any atom is -0.207 e. The average Bonchev–Trinajstić information content (AvgIpc) is 2.12. The number of benzene rings is 1. The van der Waals surface area contributed by atoms with Crippen LogP contribution in [0.2, 0.25) is 0 Å². The van der Waals surface area contributed by atoms with Gasteiger partial charge in [0.2, 0.25) is 0 Å². The molecule has 2 heteroatoms. The Labute approximate surface area is 89.1 Å². The summed E-state index contributed by atoms with van der Waals surface area (Å²) >= 11 is 6.24. The van der Waals surface area contributed by atoms with Crippen molar-refractivity contribution in [2.45, 2.75) is 31.1 Å². The summed E-state index contributed by atoms with van der Waals surface area (Å²) in [6.45, 7) is 0. The van der Waals surface area contributed by atoms with Gasteiger partial charge in [0.25, 0.3) is 0 Å². The van der Waals surface area contributed by atoms with E-state index in [-0.39, 0.29) is 11.2 Å². The van der Waals surface area contributed by atoms with Crippen molar-refractivity contribution in [1.82, 2.24) is 0 Å². The maximum absolute atomic E-state index is 12.6. The zero-order valence-corrected chi connectivity index (χ0v) is 8.80. The Morgan fingerprint density at radius 1 is 1.29 bits per heavy atom. The highest BCUT2D eigenvalue weighted by atomic mass is 35.5. The van der Waals surface area contributed by atoms with E-state index in [1.807, 2.05) is 0 Å². The van der Waals surface area contributed by atoms with E-state index in [1.54, 1.807) is 12.1 Å². The summed E-state index contributed by atoms with van der Waals surface area (Å²) in [5.74, 6) is 0.601. The second-order valence-electron chi connectivity index (χ2n) is 4.05. The molecule has 0 saturated heterocycles. The molecule has 0 bridgehead atoms. The van der Waals surface area contributed by atoms with E-state index in [0.29, 0.717) is 0 Å². The van der Waals surface area contributed by atoms with Gasteiger partial charge in [0.05, 0.1) is 5.38 Å². The van der Waals surface area contributed by atoms with Crippen molar-refractivity contribution in [3.05, 3.63) is 35.6 Å². The third-order valence-corrected chi connectivity index (χ3v) is 3.43. The van der Waals surface area contributed by atoms with Gasteiger partial charge < -0.3 is 0 Å². The van der Waals surface area contributed by atoms with Crippen molar-refractivity contribution >= 4 is 11.6 Å². The van der Waals surface area contributed by atoms with Gasteiger partial charge in [-0.05, 0) is 30.0 Å². The first kappa shape index (κ1) is 9.97. The Bertz CT molecular complexity index is 290. The smallest absolute Gasteiger partial charge is 0.123 e. The second-order valence-corrected chi connectivity index (χ2v) is 4.58. The quantitative estimate of drug-likeness (QED) is 0.656. The molecule has 2 rings (SSSR count). The molecule has 1 aliphatic rings. The Morgan fingerprint density at radius 2 is 1.93 bits per heavy atom. The third-order valence-electron chi connectivity index (χ3n) is 3.00. The van der Waals surface area contributed by atoms with E-state index in [4.69, 9.17) is 11.6 Å². The van der Waals surface area contributed by atoms with Crippen molar-refractivity contribution in [2.75, 3.05) is 0 Å². The highest BCUT2D eigenvalue weighted by Crippen LogP contribution is 2.37. The van der Waals surface area contributed by atoms with Gasteiger partial charge in [-0.3, -0.25) is 0 Å². The molecule has 1 aromatic rings. The lowest BCUT2D eigenvalue weighted by molar-refractivity contribution is 0.293. The van der Waals surface area contributed by atoms with Crippen molar-refractivity contribution in [3.63, 3.8) is 0 Å². The highest BCUT2D eigenvalue weighted by Gasteiger charge is 2.21. The molecule has 76 valence electrons. The predicted octanol–water partition coefficient (Wildman–Crippen LogP) is 4.30. The number of hydrogen-bond acceptors (Lipinski definition) is 0. The minimum absolute atomic E-state index is 0.0564. The third kappa shape index (κ3) is 2.27. The lowest BCUT2D eigenvalue weighted by atomic mass is 9.81. The summed E-state index contributed by atoms with van der Waals surface area (Å²) in [6.07, 6.45) is 5.00. The molecule has 0 radical (unpaired) electrons. The fraction of sp³-hybridized carbons (Fsp3) is 0.500. The van der Waals surface area contributed by atoms with Crippen LogP contribution in [0.3, 0.4) is 0 Å². The molecule has 0 nitrogen and oxygen atoms in total. The van der Waals surface area contributed by atoms with Gasteiger partial charge in [0, 0.05) is 0 Å². The summed E-state index contributed by atoms with van der Waals surface area (Å²) in [7, 11) is 0. The van der Waals surface area contributed by atoms with E-state index in [2.05, 4.69) is 0 Å². The fourth-order valence-corrected chi connectivity index (χ4v) is 2.23. The molecular formula is C12H14ClF. The van der Waals surface area contributed by atoms with E-state index < -0.39 is 0 Å². The summed E-state index contributed by atoms with van der Waals surface area (Å²) < 4.78 is 12.6. The Morgan fingerprint density at radius 3 is 2.43 bits per heavy atom. The van der Waals surface area contributed by atoms with Crippen LogP contribution in [0.5, 0.6) is 0 Å². The second kappa shape index (κ2) is 4.31. The summed E-state index contributed by atoms with van der Waals surface area (Å²) in [5.41, 5.74) is 1.04. The minimum atomic E-state index is -0.193. The molecule has 1 unspecified atom stereocenters. The fourth-order valence-electron chi connectivity index (χ4n) is 1.83. The molecule has 1 aliphatic carbocycles. The molecule has 14 heavy (non-hydrogen) atoms. The Kier molecular flexibility index (Phi) is 3.07. The van der Waals surface area contributed by atoms with Crippen LogP contribution < -0.4 is 0 Å².